The molecule has 1 saturated heterocycles. The van der Waals surface area contributed by atoms with E-state index in [0.29, 0.717) is 5.92 Å². The summed E-state index contributed by atoms with van der Waals surface area (Å²) >= 11 is 0. The Labute approximate surface area is 104 Å². The lowest BCUT2D eigenvalue weighted by Gasteiger charge is -2.18. The van der Waals surface area contributed by atoms with Gasteiger partial charge in [0.1, 0.15) is 0 Å². The van der Waals surface area contributed by atoms with Crippen molar-refractivity contribution in [1.29, 1.82) is 0 Å². The van der Waals surface area contributed by atoms with E-state index in [1.807, 2.05) is 0 Å². The topological polar surface area (TPSA) is 35.2 Å². The lowest BCUT2D eigenvalue weighted by Crippen LogP contribution is -2.36. The minimum absolute atomic E-state index is 0.141. The van der Waals surface area contributed by atoms with Gasteiger partial charge in [-0.05, 0) is 36.3 Å². The van der Waals surface area contributed by atoms with Crippen molar-refractivity contribution in [1.82, 2.24) is 0 Å². The Hall–Kier alpha value is -0.860. The zero-order chi connectivity index (χ0) is 12.3. The molecule has 2 rings (SSSR count). The molecule has 0 bridgehead atoms. The van der Waals surface area contributed by atoms with Crippen molar-refractivity contribution in [2.75, 3.05) is 6.61 Å². The van der Waals surface area contributed by atoms with Crippen molar-refractivity contribution in [2.24, 2.45) is 5.73 Å². The molecule has 1 aliphatic heterocycles. The van der Waals surface area contributed by atoms with Crippen LogP contribution in [0.4, 0.5) is 0 Å². The summed E-state index contributed by atoms with van der Waals surface area (Å²) in [4.78, 5) is 0. The summed E-state index contributed by atoms with van der Waals surface area (Å²) in [7, 11) is 0. The number of hydrogen-bond donors (Lipinski definition) is 1. The predicted molar refractivity (Wildman–Crippen MR) is 71.2 cm³/mol. The molecule has 17 heavy (non-hydrogen) atoms. The minimum Gasteiger partial charge on any atom is -0.377 e. The quantitative estimate of drug-likeness (QED) is 0.868. The van der Waals surface area contributed by atoms with E-state index in [-0.39, 0.29) is 12.1 Å². The fourth-order valence-electron chi connectivity index (χ4n) is 2.38. The second-order valence-corrected chi connectivity index (χ2v) is 5.32. The molecule has 1 aliphatic rings. The molecule has 1 aromatic rings. The van der Waals surface area contributed by atoms with E-state index in [9.17, 15) is 0 Å². The smallest absolute Gasteiger partial charge is 0.0730 e. The molecule has 0 aliphatic carbocycles. The first-order chi connectivity index (χ1) is 8.16. The maximum atomic E-state index is 6.18. The Morgan fingerprint density at radius 1 is 1.29 bits per heavy atom. The van der Waals surface area contributed by atoms with Gasteiger partial charge in [0.05, 0.1) is 6.10 Å². The largest absolute Gasteiger partial charge is 0.377 e. The molecule has 1 aromatic carbocycles. The van der Waals surface area contributed by atoms with Crippen LogP contribution in [0.3, 0.4) is 0 Å². The Kier molecular flexibility index (Phi) is 4.19. The van der Waals surface area contributed by atoms with Gasteiger partial charge in [0.2, 0.25) is 0 Å². The summed E-state index contributed by atoms with van der Waals surface area (Å²) in [6, 6.07) is 8.96. The molecule has 0 spiro atoms. The van der Waals surface area contributed by atoms with E-state index in [4.69, 9.17) is 10.5 Å². The number of ether oxygens (including phenoxy) is 1. The van der Waals surface area contributed by atoms with Crippen LogP contribution < -0.4 is 5.73 Å². The third-order valence-corrected chi connectivity index (χ3v) is 3.56. The van der Waals surface area contributed by atoms with E-state index in [0.717, 1.165) is 25.9 Å². The van der Waals surface area contributed by atoms with Crippen molar-refractivity contribution in [2.45, 2.75) is 51.2 Å². The van der Waals surface area contributed by atoms with Crippen LogP contribution in [0.25, 0.3) is 0 Å². The van der Waals surface area contributed by atoms with Gasteiger partial charge in [0.25, 0.3) is 0 Å². The van der Waals surface area contributed by atoms with E-state index < -0.39 is 0 Å². The van der Waals surface area contributed by atoms with Crippen molar-refractivity contribution in [3.05, 3.63) is 35.4 Å². The number of benzene rings is 1. The molecule has 2 nitrogen and oxygen atoms in total. The van der Waals surface area contributed by atoms with Gasteiger partial charge >= 0.3 is 0 Å². The summed E-state index contributed by atoms with van der Waals surface area (Å²) in [5.41, 5.74) is 8.89. The van der Waals surface area contributed by atoms with E-state index in [1.54, 1.807) is 0 Å². The standard InChI is InChI=1S/C15H23NO/c1-11(2)13-7-5-12(6-8-13)10-14(16)15-4-3-9-17-15/h5-8,11,14-15H,3-4,9-10,16H2,1-2H3. The van der Waals surface area contributed by atoms with Crippen LogP contribution in [0.15, 0.2) is 24.3 Å². The first kappa shape index (κ1) is 12.6. The highest BCUT2D eigenvalue weighted by molar-refractivity contribution is 5.25. The summed E-state index contributed by atoms with van der Waals surface area (Å²) in [6.07, 6.45) is 3.46. The molecular formula is C15H23NO. The summed E-state index contributed by atoms with van der Waals surface area (Å²) in [5.74, 6) is 0.593. The average molecular weight is 233 g/mol. The van der Waals surface area contributed by atoms with Gasteiger partial charge in [0.15, 0.2) is 0 Å². The molecule has 0 radical (unpaired) electrons. The molecule has 2 atom stereocenters. The van der Waals surface area contributed by atoms with Crippen molar-refractivity contribution in [3.8, 4) is 0 Å². The van der Waals surface area contributed by atoms with Crippen LogP contribution in [-0.2, 0) is 11.2 Å². The van der Waals surface area contributed by atoms with Crippen molar-refractivity contribution < 1.29 is 4.74 Å². The van der Waals surface area contributed by atoms with Crippen LogP contribution in [0.5, 0.6) is 0 Å². The fourth-order valence-corrected chi connectivity index (χ4v) is 2.38. The maximum absolute atomic E-state index is 6.18. The Bertz CT molecular complexity index is 338. The second-order valence-electron chi connectivity index (χ2n) is 5.32. The zero-order valence-corrected chi connectivity index (χ0v) is 10.9. The Morgan fingerprint density at radius 3 is 2.53 bits per heavy atom. The highest BCUT2D eigenvalue weighted by Gasteiger charge is 2.22. The van der Waals surface area contributed by atoms with Gasteiger partial charge in [-0.3, -0.25) is 0 Å². The molecule has 0 aromatic heterocycles. The lowest BCUT2D eigenvalue weighted by atomic mass is 9.97. The molecule has 2 unspecified atom stereocenters. The summed E-state index contributed by atoms with van der Waals surface area (Å²) in [5, 5.41) is 0. The van der Waals surface area contributed by atoms with Crippen LogP contribution in [-0.4, -0.2) is 18.8 Å². The Balaban J connectivity index is 1.93. The third kappa shape index (κ3) is 3.30. The number of nitrogens with two attached hydrogens (primary N) is 1. The van der Waals surface area contributed by atoms with Crippen LogP contribution in [0.1, 0.15) is 43.7 Å². The van der Waals surface area contributed by atoms with Crippen LogP contribution in [0, 0.1) is 0 Å². The Morgan fingerprint density at radius 2 is 2.00 bits per heavy atom. The van der Waals surface area contributed by atoms with Gasteiger partial charge in [0, 0.05) is 12.6 Å². The number of hydrogen-bond acceptors (Lipinski definition) is 2. The predicted octanol–water partition coefficient (Wildman–Crippen LogP) is 2.86. The highest BCUT2D eigenvalue weighted by Crippen LogP contribution is 2.19. The van der Waals surface area contributed by atoms with Crippen LogP contribution >= 0.6 is 0 Å². The maximum Gasteiger partial charge on any atom is 0.0730 e. The minimum atomic E-state index is 0.141. The SMILES string of the molecule is CC(C)c1ccc(CC(N)C2CCCO2)cc1. The zero-order valence-electron chi connectivity index (χ0n) is 10.9. The molecule has 0 amide bonds. The van der Waals surface area contributed by atoms with Crippen LogP contribution in [0.2, 0.25) is 0 Å². The van der Waals surface area contributed by atoms with E-state index >= 15 is 0 Å². The first-order valence-electron chi connectivity index (χ1n) is 6.63. The summed E-state index contributed by atoms with van der Waals surface area (Å²) < 4.78 is 5.62. The first-order valence-corrected chi connectivity index (χ1v) is 6.63. The number of rotatable bonds is 4. The normalized spacial score (nSPS) is 22.0. The van der Waals surface area contributed by atoms with Gasteiger partial charge in [-0.15, -0.1) is 0 Å². The third-order valence-electron chi connectivity index (χ3n) is 3.56. The molecule has 2 N–H and O–H groups in total. The molecule has 1 heterocycles. The molecular weight excluding hydrogens is 210 g/mol. The van der Waals surface area contributed by atoms with Gasteiger partial charge in [-0.2, -0.15) is 0 Å². The highest BCUT2D eigenvalue weighted by atomic mass is 16.5. The lowest BCUT2D eigenvalue weighted by molar-refractivity contribution is 0.0900. The molecule has 0 saturated carbocycles. The van der Waals surface area contributed by atoms with Crippen molar-refractivity contribution >= 4 is 0 Å². The van der Waals surface area contributed by atoms with E-state index in [1.165, 1.54) is 11.1 Å². The van der Waals surface area contributed by atoms with Gasteiger partial charge in [-0.25, -0.2) is 0 Å². The van der Waals surface area contributed by atoms with Crippen molar-refractivity contribution in [3.63, 3.8) is 0 Å². The molecule has 1 fully saturated rings. The van der Waals surface area contributed by atoms with Gasteiger partial charge < -0.3 is 10.5 Å². The monoisotopic (exact) mass is 233 g/mol. The van der Waals surface area contributed by atoms with Gasteiger partial charge in [-0.1, -0.05) is 38.1 Å². The summed E-state index contributed by atoms with van der Waals surface area (Å²) in [6.45, 7) is 5.31. The second kappa shape index (κ2) is 5.65. The average Bonchev–Trinajstić information content (AvgIpc) is 2.83. The van der Waals surface area contributed by atoms with E-state index in [2.05, 4.69) is 38.1 Å². The molecule has 94 valence electrons. The molecule has 2 heteroatoms. The fraction of sp³-hybridized carbons (Fsp3) is 0.600.